The van der Waals surface area contributed by atoms with Gasteiger partial charge in [-0.05, 0) is 0 Å². The van der Waals surface area contributed by atoms with Crippen LogP contribution in [0, 0.1) is 27.4 Å². The van der Waals surface area contributed by atoms with Crippen molar-refractivity contribution in [2.24, 2.45) is 0 Å². The van der Waals surface area contributed by atoms with Crippen LogP contribution in [-0.4, -0.2) is 14.7 Å². The normalized spacial score (nSPS) is 12.7. The van der Waals surface area contributed by atoms with Gasteiger partial charge in [-0.25, -0.2) is 0 Å². The summed E-state index contributed by atoms with van der Waals surface area (Å²) in [4.78, 5) is 0. The van der Waals surface area contributed by atoms with Gasteiger partial charge >= 0.3 is 288 Å². The van der Waals surface area contributed by atoms with Crippen molar-refractivity contribution in [3.05, 3.63) is 142 Å². The predicted octanol–water partition coefficient (Wildman–Crippen LogP) is 11.9. The van der Waals surface area contributed by atoms with Crippen molar-refractivity contribution in [3.63, 3.8) is 0 Å². The van der Waals surface area contributed by atoms with Gasteiger partial charge in [0.25, 0.3) is 0 Å². The first-order valence-corrected chi connectivity index (χ1v) is 21.2. The summed E-state index contributed by atoms with van der Waals surface area (Å²) >= 11 is -2.63. The Hall–Kier alpha value is -2.61. The molecule has 0 spiro atoms. The molecule has 0 saturated carbocycles. The molecule has 1 nitrogen and oxygen atoms in total. The molecule has 241 valence electrons. The Morgan fingerprint density at radius 2 is 1.11 bits per heavy atom. The second kappa shape index (κ2) is 15.1. The van der Waals surface area contributed by atoms with Gasteiger partial charge in [-0.15, -0.1) is 0 Å². The summed E-state index contributed by atoms with van der Waals surface area (Å²) in [5.41, 5.74) is 12.4. The maximum absolute atomic E-state index is 7.86. The average Bonchev–Trinajstić information content (AvgIpc) is 2.98. The van der Waals surface area contributed by atoms with E-state index in [4.69, 9.17) is 10.4 Å². The van der Waals surface area contributed by atoms with Crippen molar-refractivity contribution >= 4 is 37.9 Å². The van der Waals surface area contributed by atoms with E-state index in [0.717, 1.165) is 22.2 Å². The second-order valence-electron chi connectivity index (χ2n) is 14.7. The molecule has 4 aromatic rings. The molecule has 1 unspecified atom stereocenters. The molecule has 0 N–H and O–H groups in total. The molecule has 0 aliphatic heterocycles. The quantitative estimate of drug-likeness (QED) is 0.0915. The molecule has 0 bridgehead atoms. The van der Waals surface area contributed by atoms with Crippen molar-refractivity contribution in [3.8, 4) is 0 Å². The van der Waals surface area contributed by atoms with Gasteiger partial charge in [-0.2, -0.15) is 0 Å². The van der Waals surface area contributed by atoms with Crippen LogP contribution in [0.2, 0.25) is 4.25 Å². The van der Waals surface area contributed by atoms with E-state index in [1.807, 2.05) is 0 Å². The van der Waals surface area contributed by atoms with Gasteiger partial charge < -0.3 is 0 Å². The summed E-state index contributed by atoms with van der Waals surface area (Å²) in [6.45, 7) is 35.3. The van der Waals surface area contributed by atoms with Gasteiger partial charge in [0, 0.05) is 0 Å². The van der Waals surface area contributed by atoms with Crippen LogP contribution in [0.4, 0.5) is 0 Å². The van der Waals surface area contributed by atoms with Crippen LogP contribution in [0.15, 0.2) is 90.4 Å². The van der Waals surface area contributed by atoms with Crippen LogP contribution in [0.5, 0.6) is 0 Å². The molecule has 0 aromatic heterocycles. The van der Waals surface area contributed by atoms with E-state index < -0.39 is 22.6 Å². The molecule has 0 fully saturated rings. The van der Waals surface area contributed by atoms with Crippen LogP contribution in [-0.2, 0) is 3.76 Å². The minimum absolute atomic E-state index is 0.0517. The van der Waals surface area contributed by atoms with Crippen molar-refractivity contribution in [2.75, 3.05) is 0 Å². The standard InChI is InChI=1S/C43H54GeOP/c1-28(2)36-26-37(29(3)4)40(38(27-36)30(5)6)44(43(10,11)12)45-42(46(13)41-32(8)24-31(7)25-33(41)9)39(34-20-16-14-17-21-34)35-22-18-15-19-23-35/h13-30H,1-12H3. The first-order valence-electron chi connectivity index (χ1n) is 16.8. The summed E-state index contributed by atoms with van der Waals surface area (Å²) in [6, 6.07) is 31.0. The first kappa shape index (κ1) is 36.2. The first-order chi connectivity index (χ1) is 21.6. The number of aryl methyl sites for hydroxylation is 3. The number of benzene rings is 4. The van der Waals surface area contributed by atoms with Gasteiger partial charge in [-0.3, -0.25) is 0 Å². The van der Waals surface area contributed by atoms with Crippen LogP contribution >= 0.6 is 7.92 Å². The molecule has 4 rings (SSSR count). The van der Waals surface area contributed by atoms with Crippen LogP contribution in [0.3, 0.4) is 0 Å². The molecule has 1 atom stereocenters. The fourth-order valence-corrected chi connectivity index (χ4v) is 14.8. The Kier molecular flexibility index (Phi) is 11.9. The third-order valence-corrected chi connectivity index (χ3v) is 16.9. The van der Waals surface area contributed by atoms with Crippen molar-refractivity contribution in [1.82, 2.24) is 0 Å². The molecule has 46 heavy (non-hydrogen) atoms. The SMILES string of the molecule is [CH]P(C([O][Ge]([c]1c(C(C)C)cc(C(C)C)cc1C(C)C)[C](C)(C)C)=C(c1ccccc1)c1ccccc1)c1c(C)cc(C)cc1C. The third kappa shape index (κ3) is 8.09. The Morgan fingerprint density at radius 1 is 0.674 bits per heavy atom. The summed E-state index contributed by atoms with van der Waals surface area (Å²) in [5, 5.41) is 1.22. The van der Waals surface area contributed by atoms with E-state index in [9.17, 15) is 0 Å². The van der Waals surface area contributed by atoms with Crippen molar-refractivity contribution in [1.29, 1.82) is 0 Å². The maximum atomic E-state index is 7.86. The molecule has 0 aliphatic rings. The fourth-order valence-electron chi connectivity index (χ4n) is 6.39. The molecule has 0 saturated heterocycles. The Balaban J connectivity index is 2.14. The minimum atomic E-state index is -2.63. The van der Waals surface area contributed by atoms with Crippen LogP contribution in [0.1, 0.15) is 125 Å². The van der Waals surface area contributed by atoms with E-state index >= 15 is 0 Å². The van der Waals surface area contributed by atoms with Gasteiger partial charge in [-0.1, -0.05) is 0 Å². The second-order valence-corrected chi connectivity index (χ2v) is 22.3. The molecule has 3 heteroatoms. The Bertz CT molecular complexity index is 1570. The fraction of sp³-hybridized carbons (Fsp3) is 0.372. The third-order valence-electron chi connectivity index (χ3n) is 8.67. The Labute approximate surface area is 287 Å². The van der Waals surface area contributed by atoms with Crippen LogP contribution < -0.4 is 9.70 Å². The van der Waals surface area contributed by atoms with Crippen LogP contribution in [0.25, 0.3) is 5.57 Å². The molecule has 3 radical (unpaired) electrons. The summed E-state index contributed by atoms with van der Waals surface area (Å²) in [7, 11) is -1.32. The van der Waals surface area contributed by atoms with E-state index in [0.29, 0.717) is 17.8 Å². The molecular weight excluding hydrogens is 636 g/mol. The molecule has 4 aromatic carbocycles. The number of hydrogen-bond donors (Lipinski definition) is 0. The van der Waals surface area contributed by atoms with E-state index in [-0.39, 0.29) is 4.25 Å². The van der Waals surface area contributed by atoms with E-state index in [1.54, 1.807) is 0 Å². The zero-order valence-electron chi connectivity index (χ0n) is 30.2. The molecule has 0 aliphatic carbocycles. The zero-order chi connectivity index (χ0) is 33.9. The zero-order valence-corrected chi connectivity index (χ0v) is 33.2. The summed E-state index contributed by atoms with van der Waals surface area (Å²) < 4.78 is 9.30. The van der Waals surface area contributed by atoms with E-state index in [2.05, 4.69) is 168 Å². The average molecular weight is 690 g/mol. The van der Waals surface area contributed by atoms with Crippen molar-refractivity contribution < 1.29 is 3.76 Å². The van der Waals surface area contributed by atoms with Crippen molar-refractivity contribution in [2.45, 2.75) is 105 Å². The number of hydrogen-bond acceptors (Lipinski definition) is 1. The van der Waals surface area contributed by atoms with Gasteiger partial charge in [0.1, 0.15) is 0 Å². The molecular formula is C43H54GeOP. The van der Waals surface area contributed by atoms with E-state index in [1.165, 1.54) is 43.1 Å². The summed E-state index contributed by atoms with van der Waals surface area (Å²) in [5.74, 6) is 1.23. The monoisotopic (exact) mass is 691 g/mol. The molecule has 0 heterocycles. The Morgan fingerprint density at radius 3 is 1.48 bits per heavy atom. The van der Waals surface area contributed by atoms with Gasteiger partial charge in [0.2, 0.25) is 0 Å². The summed E-state index contributed by atoms with van der Waals surface area (Å²) in [6.07, 6.45) is 0. The van der Waals surface area contributed by atoms with Gasteiger partial charge in [0.05, 0.1) is 0 Å². The number of rotatable bonds is 10. The molecule has 0 amide bonds. The predicted molar refractivity (Wildman–Crippen MR) is 205 cm³/mol. The topological polar surface area (TPSA) is 9.23 Å². The van der Waals surface area contributed by atoms with Gasteiger partial charge in [0.15, 0.2) is 0 Å².